The molecule has 0 spiro atoms. The topological polar surface area (TPSA) is 54.5 Å². The number of amides is 1. The lowest BCUT2D eigenvalue weighted by atomic mass is 10.2. The summed E-state index contributed by atoms with van der Waals surface area (Å²) in [5.41, 5.74) is 1.50. The third-order valence-corrected chi connectivity index (χ3v) is 3.85. The number of pyridine rings is 1. The number of carbonyl (C=O) groups is 1. The first-order chi connectivity index (χ1) is 11.3. The lowest BCUT2D eigenvalue weighted by Crippen LogP contribution is -2.27. The van der Waals surface area contributed by atoms with Gasteiger partial charge in [0.2, 0.25) is 0 Å². The lowest BCUT2D eigenvalue weighted by Gasteiger charge is -2.15. The Hall–Kier alpha value is -2.56. The molecule has 23 heavy (non-hydrogen) atoms. The fourth-order valence-corrected chi connectivity index (χ4v) is 2.69. The number of hydrogen-bond donors (Lipinski definition) is 1. The average Bonchev–Trinajstić information content (AvgIpc) is 3.11. The van der Waals surface area contributed by atoms with E-state index in [2.05, 4.69) is 10.3 Å². The third-order valence-electron chi connectivity index (χ3n) is 3.85. The van der Waals surface area contributed by atoms with Gasteiger partial charge in [-0.05, 0) is 44.0 Å². The zero-order valence-electron chi connectivity index (χ0n) is 13.3. The molecular formula is C18H21N3O2. The summed E-state index contributed by atoms with van der Waals surface area (Å²) in [4.78, 5) is 18.5. The first-order valence-corrected chi connectivity index (χ1v) is 8.02. The summed E-state index contributed by atoms with van der Waals surface area (Å²) < 4.78 is 5.59. The molecule has 2 heterocycles. The molecule has 2 aromatic rings. The Morgan fingerprint density at radius 1 is 1.22 bits per heavy atom. The van der Waals surface area contributed by atoms with Crippen molar-refractivity contribution >= 4 is 17.4 Å². The van der Waals surface area contributed by atoms with Gasteiger partial charge in [0.1, 0.15) is 11.6 Å². The van der Waals surface area contributed by atoms with Crippen molar-refractivity contribution in [3.8, 4) is 5.75 Å². The molecule has 3 rings (SSSR count). The zero-order valence-corrected chi connectivity index (χ0v) is 13.3. The molecule has 0 radical (unpaired) electrons. The van der Waals surface area contributed by atoms with Gasteiger partial charge in [0.05, 0.1) is 17.9 Å². The minimum Gasteiger partial charge on any atom is -0.492 e. The van der Waals surface area contributed by atoms with E-state index in [0.29, 0.717) is 18.0 Å². The van der Waals surface area contributed by atoms with Crippen molar-refractivity contribution in [2.24, 2.45) is 0 Å². The van der Waals surface area contributed by atoms with Gasteiger partial charge in [0, 0.05) is 19.3 Å². The van der Waals surface area contributed by atoms with Crippen LogP contribution in [0.15, 0.2) is 42.6 Å². The van der Waals surface area contributed by atoms with E-state index in [1.54, 1.807) is 6.20 Å². The fraction of sp³-hybridized carbons (Fsp3) is 0.333. The van der Waals surface area contributed by atoms with Crippen molar-refractivity contribution in [2.75, 3.05) is 25.0 Å². The molecule has 1 aromatic heterocycles. The van der Waals surface area contributed by atoms with Crippen molar-refractivity contribution < 1.29 is 9.53 Å². The second-order valence-corrected chi connectivity index (χ2v) is 5.49. The first kappa shape index (κ1) is 15.3. The molecule has 1 aromatic carbocycles. The minimum atomic E-state index is 0.0660. The molecule has 1 aliphatic heterocycles. The summed E-state index contributed by atoms with van der Waals surface area (Å²) in [5.74, 6) is 1.54. The number of benzene rings is 1. The van der Waals surface area contributed by atoms with Crippen LogP contribution in [0.25, 0.3) is 0 Å². The fourth-order valence-electron chi connectivity index (χ4n) is 2.69. The van der Waals surface area contributed by atoms with E-state index >= 15 is 0 Å². The third kappa shape index (κ3) is 3.62. The van der Waals surface area contributed by atoms with Crippen LogP contribution in [0.4, 0.5) is 11.5 Å². The Bertz CT molecular complexity index is 664. The maximum Gasteiger partial charge on any atom is 0.255 e. The molecule has 1 aliphatic rings. The monoisotopic (exact) mass is 311 g/mol. The number of para-hydroxylation sites is 2. The van der Waals surface area contributed by atoms with E-state index in [-0.39, 0.29) is 5.91 Å². The number of ether oxygens (including phenoxy) is 1. The number of rotatable bonds is 5. The normalized spacial score (nSPS) is 13.9. The van der Waals surface area contributed by atoms with Crippen LogP contribution >= 0.6 is 0 Å². The molecule has 5 nitrogen and oxygen atoms in total. The number of nitrogens with zero attached hydrogens (tertiary/aromatic N) is 2. The number of aromatic nitrogens is 1. The van der Waals surface area contributed by atoms with Crippen molar-refractivity contribution in [1.82, 2.24) is 9.88 Å². The smallest absolute Gasteiger partial charge is 0.255 e. The zero-order chi connectivity index (χ0) is 16.1. The van der Waals surface area contributed by atoms with Crippen LogP contribution in [0.1, 0.15) is 30.1 Å². The van der Waals surface area contributed by atoms with Gasteiger partial charge < -0.3 is 15.0 Å². The Balaban J connectivity index is 1.71. The van der Waals surface area contributed by atoms with Crippen LogP contribution in [0, 0.1) is 0 Å². The Kier molecular flexibility index (Phi) is 4.76. The molecule has 1 N–H and O–H groups in total. The molecule has 0 unspecified atom stereocenters. The van der Waals surface area contributed by atoms with E-state index in [4.69, 9.17) is 4.74 Å². The number of hydrogen-bond acceptors (Lipinski definition) is 4. The Morgan fingerprint density at radius 3 is 2.70 bits per heavy atom. The molecular weight excluding hydrogens is 290 g/mol. The van der Waals surface area contributed by atoms with Crippen molar-refractivity contribution in [3.63, 3.8) is 0 Å². The van der Waals surface area contributed by atoms with E-state index < -0.39 is 0 Å². The summed E-state index contributed by atoms with van der Waals surface area (Å²) in [6.07, 6.45) is 3.81. The van der Waals surface area contributed by atoms with Gasteiger partial charge in [-0.25, -0.2) is 4.98 Å². The molecule has 120 valence electrons. The average molecular weight is 311 g/mol. The highest BCUT2D eigenvalue weighted by atomic mass is 16.5. The van der Waals surface area contributed by atoms with Crippen molar-refractivity contribution in [1.29, 1.82) is 0 Å². The standard InChI is InChI=1S/C18H21N3O2/c1-2-23-16-8-4-3-7-15(16)20-17-10-9-14(13-19-17)18(22)21-11-5-6-12-21/h3-4,7-10,13H,2,5-6,11-12H2,1H3,(H,19,20). The van der Waals surface area contributed by atoms with Gasteiger partial charge in [0.15, 0.2) is 0 Å². The summed E-state index contributed by atoms with van der Waals surface area (Å²) in [6, 6.07) is 11.4. The summed E-state index contributed by atoms with van der Waals surface area (Å²) in [5, 5.41) is 3.23. The molecule has 0 bridgehead atoms. The Morgan fingerprint density at radius 2 is 2.00 bits per heavy atom. The van der Waals surface area contributed by atoms with Gasteiger partial charge in [0.25, 0.3) is 5.91 Å². The predicted octanol–water partition coefficient (Wildman–Crippen LogP) is 3.46. The van der Waals surface area contributed by atoms with E-state index in [1.807, 2.05) is 48.2 Å². The van der Waals surface area contributed by atoms with Gasteiger partial charge in [-0.2, -0.15) is 0 Å². The molecule has 5 heteroatoms. The van der Waals surface area contributed by atoms with Crippen LogP contribution in [-0.2, 0) is 0 Å². The second-order valence-electron chi connectivity index (χ2n) is 5.49. The molecule has 0 atom stereocenters. The number of nitrogens with one attached hydrogen (secondary N) is 1. The van der Waals surface area contributed by atoms with Gasteiger partial charge in [-0.3, -0.25) is 4.79 Å². The maximum atomic E-state index is 12.3. The van der Waals surface area contributed by atoms with Gasteiger partial charge >= 0.3 is 0 Å². The van der Waals surface area contributed by atoms with Crippen LogP contribution in [0.2, 0.25) is 0 Å². The molecule has 1 amide bonds. The maximum absolute atomic E-state index is 12.3. The summed E-state index contributed by atoms with van der Waals surface area (Å²) >= 11 is 0. The first-order valence-electron chi connectivity index (χ1n) is 8.02. The Labute approximate surface area is 136 Å². The summed E-state index contributed by atoms with van der Waals surface area (Å²) in [6.45, 7) is 4.25. The number of anilines is 2. The van der Waals surface area contributed by atoms with Crippen molar-refractivity contribution in [3.05, 3.63) is 48.2 Å². The molecule has 1 saturated heterocycles. The van der Waals surface area contributed by atoms with E-state index in [9.17, 15) is 4.79 Å². The predicted molar refractivity (Wildman–Crippen MR) is 90.3 cm³/mol. The minimum absolute atomic E-state index is 0.0660. The van der Waals surface area contributed by atoms with Crippen LogP contribution in [0.3, 0.4) is 0 Å². The quantitative estimate of drug-likeness (QED) is 0.919. The van der Waals surface area contributed by atoms with E-state index in [0.717, 1.165) is 37.4 Å². The number of likely N-dealkylation sites (tertiary alicyclic amines) is 1. The molecule has 0 saturated carbocycles. The van der Waals surface area contributed by atoms with Crippen LogP contribution in [0.5, 0.6) is 5.75 Å². The summed E-state index contributed by atoms with van der Waals surface area (Å²) in [7, 11) is 0. The molecule has 1 fully saturated rings. The highest BCUT2D eigenvalue weighted by Gasteiger charge is 2.19. The number of carbonyl (C=O) groups excluding carboxylic acids is 1. The highest BCUT2D eigenvalue weighted by Crippen LogP contribution is 2.26. The second kappa shape index (κ2) is 7.13. The lowest BCUT2D eigenvalue weighted by molar-refractivity contribution is 0.0792. The van der Waals surface area contributed by atoms with Crippen LogP contribution in [-0.4, -0.2) is 35.5 Å². The van der Waals surface area contributed by atoms with Gasteiger partial charge in [-0.15, -0.1) is 0 Å². The van der Waals surface area contributed by atoms with Crippen LogP contribution < -0.4 is 10.1 Å². The SMILES string of the molecule is CCOc1ccccc1Nc1ccc(C(=O)N2CCCC2)cn1. The highest BCUT2D eigenvalue weighted by molar-refractivity contribution is 5.94. The van der Waals surface area contributed by atoms with Gasteiger partial charge in [-0.1, -0.05) is 12.1 Å². The van der Waals surface area contributed by atoms with Crippen molar-refractivity contribution in [2.45, 2.75) is 19.8 Å². The molecule has 0 aliphatic carbocycles. The van der Waals surface area contributed by atoms with E-state index in [1.165, 1.54) is 0 Å². The largest absolute Gasteiger partial charge is 0.492 e.